The largest absolute Gasteiger partial charge is 0.456 e. The van der Waals surface area contributed by atoms with E-state index in [1.54, 1.807) is 0 Å². The molecule has 3 aromatic heterocycles. The first kappa shape index (κ1) is 30.6. The zero-order valence-corrected chi connectivity index (χ0v) is 30.0. The van der Waals surface area contributed by atoms with Crippen LogP contribution in [-0.4, -0.2) is 21.7 Å². The summed E-state index contributed by atoms with van der Waals surface area (Å²) < 4.78 is 14.0. The maximum Gasteiger partial charge on any atom is 0.309 e. The SMILES string of the molecule is CC1(C)CCC(C)(C)c2c3c(nc(-c4ccccc4)c21)B1c2nc(-c4ccccc4)c4c(c2Oc2nccc(c21)O3)C(C)(C)CCC4(C)C. The van der Waals surface area contributed by atoms with Crippen molar-refractivity contribution in [2.45, 2.75) is 103 Å². The van der Waals surface area contributed by atoms with Crippen molar-refractivity contribution in [1.29, 1.82) is 0 Å². The Morgan fingerprint density at radius 3 is 1.43 bits per heavy atom. The van der Waals surface area contributed by atoms with Crippen molar-refractivity contribution in [3.05, 3.63) is 95.2 Å². The van der Waals surface area contributed by atoms with Gasteiger partial charge in [0.1, 0.15) is 17.2 Å². The number of rotatable bonds is 2. The molecular weight excluding hydrogens is 601 g/mol. The number of hydrogen-bond donors (Lipinski definition) is 0. The van der Waals surface area contributed by atoms with Crippen LogP contribution in [0.4, 0.5) is 0 Å². The molecule has 0 unspecified atom stereocenters. The highest BCUT2D eigenvalue weighted by atomic mass is 16.5. The minimum atomic E-state index is -0.298. The van der Waals surface area contributed by atoms with Gasteiger partial charge in [-0.25, -0.2) is 4.98 Å². The van der Waals surface area contributed by atoms with Crippen molar-refractivity contribution in [3.8, 4) is 45.6 Å². The fourth-order valence-electron chi connectivity index (χ4n) is 9.22. The normalized spacial score (nSPS) is 19.6. The first-order chi connectivity index (χ1) is 23.3. The van der Waals surface area contributed by atoms with Crippen LogP contribution in [-0.2, 0) is 21.7 Å². The highest BCUT2D eigenvalue weighted by molar-refractivity contribution is 6.97. The molecule has 0 radical (unpaired) electrons. The van der Waals surface area contributed by atoms with Crippen LogP contribution in [0.25, 0.3) is 22.5 Å². The second-order valence-electron chi connectivity index (χ2n) is 17.3. The van der Waals surface area contributed by atoms with Gasteiger partial charge in [0.25, 0.3) is 0 Å². The molecule has 0 N–H and O–H groups in total. The number of aromatic nitrogens is 3. The quantitative estimate of drug-likeness (QED) is 0.176. The summed E-state index contributed by atoms with van der Waals surface area (Å²) >= 11 is 0. The summed E-state index contributed by atoms with van der Waals surface area (Å²) in [6.45, 7) is 18.6. The minimum absolute atomic E-state index is 0.0773. The monoisotopic (exact) mass is 645 g/mol. The van der Waals surface area contributed by atoms with E-state index in [0.717, 1.165) is 82.1 Å². The fourth-order valence-corrected chi connectivity index (χ4v) is 9.22. The predicted molar refractivity (Wildman–Crippen MR) is 199 cm³/mol. The fraction of sp³-hybridized carbons (Fsp3) is 0.372. The third-order valence-corrected chi connectivity index (χ3v) is 12.1. The van der Waals surface area contributed by atoms with Gasteiger partial charge in [0.05, 0.1) is 22.6 Å². The van der Waals surface area contributed by atoms with Crippen LogP contribution < -0.4 is 26.1 Å². The Hall–Kier alpha value is -4.45. The Kier molecular flexibility index (Phi) is 6.28. The van der Waals surface area contributed by atoms with Gasteiger partial charge >= 0.3 is 6.71 Å². The van der Waals surface area contributed by atoms with E-state index in [9.17, 15) is 0 Å². The Morgan fingerprint density at radius 1 is 0.531 bits per heavy atom. The summed E-state index contributed by atoms with van der Waals surface area (Å²) in [7, 11) is 0. The average Bonchev–Trinajstić information content (AvgIpc) is 3.08. The smallest absolute Gasteiger partial charge is 0.309 e. The van der Waals surface area contributed by atoms with Crippen molar-refractivity contribution in [3.63, 3.8) is 0 Å². The molecule has 6 heteroatoms. The Balaban J connectivity index is 1.43. The molecular formula is C43H44BN3O2. The van der Waals surface area contributed by atoms with Crippen LogP contribution in [0.3, 0.4) is 0 Å². The van der Waals surface area contributed by atoms with Crippen molar-refractivity contribution in [1.82, 2.24) is 15.0 Å². The highest BCUT2D eigenvalue weighted by Crippen LogP contribution is 2.55. The Bertz CT molecular complexity index is 2040. The van der Waals surface area contributed by atoms with E-state index in [2.05, 4.69) is 116 Å². The molecule has 0 bridgehead atoms. The van der Waals surface area contributed by atoms with E-state index in [1.807, 2.05) is 12.3 Å². The Morgan fingerprint density at radius 2 is 0.959 bits per heavy atom. The standard InChI is InChI=1S/C43H44BN3O2/c1-40(2)20-22-42(5,6)30-28(40)33(25-15-11-9-12-16-25)46-37-35(30)48-27-19-24-45-39-32(27)44(37)38-36(49-39)31-29(41(3,4)21-23-43(31,7)8)34(47-38)26-17-13-10-14-18-26/h9-19,24H,20-23H2,1-8H3. The molecule has 5 nitrogen and oxygen atoms in total. The number of fused-ring (bicyclic) bond motifs is 8. The molecule has 49 heavy (non-hydrogen) atoms. The number of benzene rings is 2. The lowest BCUT2D eigenvalue weighted by molar-refractivity contribution is 0.317. The topological polar surface area (TPSA) is 57.1 Å². The molecule has 2 aliphatic carbocycles. The van der Waals surface area contributed by atoms with Gasteiger partial charge in [0, 0.05) is 33.9 Å². The maximum atomic E-state index is 7.05. The van der Waals surface area contributed by atoms with Gasteiger partial charge in [-0.3, -0.25) is 9.97 Å². The summed E-state index contributed by atoms with van der Waals surface area (Å²) in [5, 5.41) is 0. The van der Waals surface area contributed by atoms with Crippen LogP contribution in [0.15, 0.2) is 72.9 Å². The van der Waals surface area contributed by atoms with E-state index < -0.39 is 0 Å². The molecule has 5 heterocycles. The second-order valence-corrected chi connectivity index (χ2v) is 17.3. The van der Waals surface area contributed by atoms with Crippen LogP contribution in [0.5, 0.6) is 23.1 Å². The maximum absolute atomic E-state index is 7.05. The molecule has 246 valence electrons. The van der Waals surface area contributed by atoms with Gasteiger partial charge in [0.2, 0.25) is 5.88 Å². The van der Waals surface area contributed by atoms with Crippen LogP contribution in [0, 0.1) is 0 Å². The number of ether oxygens (including phenoxy) is 2. The number of nitrogens with zero attached hydrogens (tertiary/aromatic N) is 3. The van der Waals surface area contributed by atoms with Crippen molar-refractivity contribution in [2.75, 3.05) is 0 Å². The molecule has 0 saturated heterocycles. The lowest BCUT2D eigenvalue weighted by Crippen LogP contribution is -2.61. The average molecular weight is 646 g/mol. The zero-order valence-electron chi connectivity index (χ0n) is 30.0. The van der Waals surface area contributed by atoms with Crippen molar-refractivity contribution in [2.24, 2.45) is 0 Å². The lowest BCUT2D eigenvalue weighted by Gasteiger charge is -2.46. The summed E-state index contributed by atoms with van der Waals surface area (Å²) in [6.07, 6.45) is 6.09. The van der Waals surface area contributed by atoms with E-state index in [1.165, 1.54) is 22.3 Å². The van der Waals surface area contributed by atoms with E-state index in [4.69, 9.17) is 24.4 Å². The van der Waals surface area contributed by atoms with E-state index in [-0.39, 0.29) is 28.4 Å². The third-order valence-electron chi connectivity index (χ3n) is 12.1. The number of pyridine rings is 3. The molecule has 9 rings (SSSR count). The summed E-state index contributed by atoms with van der Waals surface area (Å²) in [4.78, 5) is 16.3. The first-order valence-corrected chi connectivity index (χ1v) is 17.9. The zero-order chi connectivity index (χ0) is 34.1. The second kappa shape index (κ2) is 10.1. The van der Waals surface area contributed by atoms with Crippen molar-refractivity contribution < 1.29 is 9.47 Å². The number of hydrogen-bond acceptors (Lipinski definition) is 5. The molecule has 0 fully saturated rings. The van der Waals surface area contributed by atoms with Gasteiger partial charge in [-0.2, -0.15) is 0 Å². The summed E-state index contributed by atoms with van der Waals surface area (Å²) in [5.41, 5.74) is 11.8. The van der Waals surface area contributed by atoms with Gasteiger partial charge in [-0.05, 0) is 64.5 Å². The first-order valence-electron chi connectivity index (χ1n) is 17.9. The lowest BCUT2D eigenvalue weighted by atomic mass is 9.37. The van der Waals surface area contributed by atoms with Crippen molar-refractivity contribution >= 4 is 23.4 Å². The molecule has 0 spiro atoms. The van der Waals surface area contributed by atoms with E-state index in [0.29, 0.717) is 5.88 Å². The summed E-state index contributed by atoms with van der Waals surface area (Å²) in [5.74, 6) is 3.11. The third kappa shape index (κ3) is 4.35. The van der Waals surface area contributed by atoms with Crippen LogP contribution >= 0.6 is 0 Å². The predicted octanol–water partition coefficient (Wildman–Crippen LogP) is 8.63. The van der Waals surface area contributed by atoms with Gasteiger partial charge < -0.3 is 9.47 Å². The molecule has 2 aromatic carbocycles. The minimum Gasteiger partial charge on any atom is -0.456 e. The van der Waals surface area contributed by atoms with Crippen LogP contribution in [0.2, 0.25) is 0 Å². The molecule has 0 saturated carbocycles. The molecule has 5 aromatic rings. The van der Waals surface area contributed by atoms with Crippen LogP contribution in [0.1, 0.15) is 103 Å². The van der Waals surface area contributed by atoms with E-state index >= 15 is 0 Å². The van der Waals surface area contributed by atoms with Gasteiger partial charge in [-0.15, -0.1) is 0 Å². The molecule has 0 atom stereocenters. The Labute approximate surface area is 290 Å². The highest BCUT2D eigenvalue weighted by Gasteiger charge is 2.52. The molecule has 0 amide bonds. The summed E-state index contributed by atoms with van der Waals surface area (Å²) in [6, 6.07) is 23.4. The molecule has 2 aliphatic heterocycles. The van der Waals surface area contributed by atoms with Gasteiger partial charge in [-0.1, -0.05) is 116 Å². The van der Waals surface area contributed by atoms with Gasteiger partial charge in [0.15, 0.2) is 0 Å². The molecule has 4 aliphatic rings.